The van der Waals surface area contributed by atoms with Gasteiger partial charge in [0.25, 0.3) is 11.5 Å². The number of carbonyl (C=O) groups excluding carboxylic acids is 1. The van der Waals surface area contributed by atoms with Crippen molar-refractivity contribution in [2.45, 2.75) is 50.6 Å². The van der Waals surface area contributed by atoms with Gasteiger partial charge < -0.3 is 15.2 Å². The van der Waals surface area contributed by atoms with Gasteiger partial charge in [-0.2, -0.15) is 0 Å². The lowest BCUT2D eigenvalue weighted by Crippen LogP contribution is -2.46. The summed E-state index contributed by atoms with van der Waals surface area (Å²) in [5.74, 6) is -0.774. The quantitative estimate of drug-likeness (QED) is 0.557. The Labute approximate surface area is 206 Å². The number of H-pyrrole nitrogens is 1. The second-order valence-corrected chi connectivity index (χ2v) is 10.9. The first-order valence-electron chi connectivity index (χ1n) is 11.7. The molecule has 2 bridgehead atoms. The summed E-state index contributed by atoms with van der Waals surface area (Å²) in [6.07, 6.45) is 7.51. The van der Waals surface area contributed by atoms with Crippen molar-refractivity contribution in [1.82, 2.24) is 19.6 Å². The van der Waals surface area contributed by atoms with Crippen molar-refractivity contribution in [3.8, 4) is 0 Å². The zero-order valence-corrected chi connectivity index (χ0v) is 20.1. The molecule has 2 atom stereocenters. The average Bonchev–Trinajstić information content (AvgIpc) is 3.47. The van der Waals surface area contributed by atoms with Crippen LogP contribution in [0.4, 0.5) is 4.39 Å². The minimum Gasteiger partial charge on any atom is -0.338 e. The number of hydrogen-bond acceptors (Lipinski definition) is 3. The number of rotatable bonds is 3. The van der Waals surface area contributed by atoms with E-state index in [1.54, 1.807) is 22.7 Å². The van der Waals surface area contributed by atoms with Crippen LogP contribution in [0.3, 0.4) is 0 Å². The van der Waals surface area contributed by atoms with Crippen LogP contribution >= 0.6 is 23.2 Å². The third-order valence-corrected chi connectivity index (χ3v) is 8.61. The number of carbonyl (C=O) groups is 1. The van der Waals surface area contributed by atoms with Crippen LogP contribution in [0.1, 0.15) is 53.7 Å². The van der Waals surface area contributed by atoms with Gasteiger partial charge in [-0.1, -0.05) is 29.3 Å². The molecule has 5 heterocycles. The van der Waals surface area contributed by atoms with Crippen molar-refractivity contribution in [1.29, 1.82) is 0 Å². The van der Waals surface area contributed by atoms with E-state index in [1.165, 1.54) is 25.0 Å². The fourth-order valence-corrected chi connectivity index (χ4v) is 6.78. The van der Waals surface area contributed by atoms with Crippen LogP contribution in [0.15, 0.2) is 35.3 Å². The molecule has 0 radical (unpaired) electrons. The number of likely N-dealkylation sites (tertiary alicyclic amines) is 1. The number of amides is 1. The molecule has 6 rings (SSSR count). The van der Waals surface area contributed by atoms with Crippen molar-refractivity contribution >= 4 is 34.6 Å². The van der Waals surface area contributed by atoms with Crippen LogP contribution in [0.5, 0.6) is 0 Å². The Kier molecular flexibility index (Phi) is 5.28. The molecule has 3 aromatic rings. The highest BCUT2D eigenvalue weighted by Crippen LogP contribution is 2.46. The van der Waals surface area contributed by atoms with E-state index < -0.39 is 5.82 Å². The summed E-state index contributed by atoms with van der Waals surface area (Å²) < 4.78 is 16.4. The molecule has 9 heteroatoms. The van der Waals surface area contributed by atoms with Gasteiger partial charge in [-0.05, 0) is 61.3 Å². The molecule has 2 aromatic heterocycles. The highest BCUT2D eigenvalue weighted by atomic mass is 35.5. The Bertz CT molecular complexity index is 1350. The van der Waals surface area contributed by atoms with E-state index in [9.17, 15) is 14.0 Å². The lowest BCUT2D eigenvalue weighted by Gasteiger charge is -2.38. The van der Waals surface area contributed by atoms with Crippen molar-refractivity contribution in [2.75, 3.05) is 13.1 Å². The minimum atomic E-state index is -0.520. The number of benzene rings is 1. The smallest absolute Gasteiger partial charge is 0.272 e. The maximum Gasteiger partial charge on any atom is 0.272 e. The Morgan fingerprint density at radius 3 is 2.71 bits per heavy atom. The predicted molar refractivity (Wildman–Crippen MR) is 129 cm³/mol. The number of nitrogens with one attached hydrogen (secondary N) is 2. The van der Waals surface area contributed by atoms with Gasteiger partial charge in [0.05, 0.1) is 10.6 Å². The lowest BCUT2D eigenvalue weighted by molar-refractivity contribution is 0.0746. The van der Waals surface area contributed by atoms with E-state index >= 15 is 0 Å². The van der Waals surface area contributed by atoms with Gasteiger partial charge in [0.1, 0.15) is 16.5 Å². The number of hydrogen-bond donors (Lipinski definition) is 2. The van der Waals surface area contributed by atoms with Gasteiger partial charge in [-0.25, -0.2) is 4.39 Å². The van der Waals surface area contributed by atoms with E-state index in [0.717, 1.165) is 24.8 Å². The lowest BCUT2D eigenvalue weighted by atomic mass is 9.75. The topological polar surface area (TPSA) is 69.6 Å². The second-order valence-electron chi connectivity index (χ2n) is 10.1. The molecule has 3 aliphatic heterocycles. The zero-order chi connectivity index (χ0) is 23.6. The number of nitrogens with zero attached hydrogens (tertiary/aromatic N) is 2. The number of aromatic nitrogens is 2. The Hall–Kier alpha value is -2.35. The van der Waals surface area contributed by atoms with Gasteiger partial charge >= 0.3 is 0 Å². The molecule has 34 heavy (non-hydrogen) atoms. The molecule has 178 valence electrons. The molecule has 1 amide bonds. The normalized spacial score (nSPS) is 26.1. The summed E-state index contributed by atoms with van der Waals surface area (Å²) >= 11 is 12.5. The fourth-order valence-electron chi connectivity index (χ4n) is 6.34. The van der Waals surface area contributed by atoms with Crippen molar-refractivity contribution in [2.24, 2.45) is 5.41 Å². The van der Waals surface area contributed by atoms with Gasteiger partial charge in [0.15, 0.2) is 0 Å². The second kappa shape index (κ2) is 8.11. The Morgan fingerprint density at radius 1 is 1.18 bits per heavy atom. The first-order chi connectivity index (χ1) is 16.3. The molecule has 2 N–H and O–H groups in total. The third kappa shape index (κ3) is 3.65. The number of halogens is 3. The molecule has 2 unspecified atom stereocenters. The fraction of sp³-hybridized carbons (Fsp3) is 0.440. The van der Waals surface area contributed by atoms with Crippen molar-refractivity contribution in [3.63, 3.8) is 0 Å². The standard InChI is InChI=1S/C25H25Cl2FN4O2/c26-19-9-21-23(33)29-12-17(32(21)22(19)27)7-14-1-4-20(28)18(8-14)24(34)31-6-5-25(13-31)10-15-2-3-16(11-25)30-15/h1,4,8-9,12,15-16,30H,2-3,5-7,10-11,13H2,(H,29,33). The van der Waals surface area contributed by atoms with E-state index in [0.29, 0.717) is 42.8 Å². The predicted octanol–water partition coefficient (Wildman–Crippen LogP) is 4.41. The minimum absolute atomic E-state index is 0.0868. The van der Waals surface area contributed by atoms with Crippen LogP contribution in [-0.2, 0) is 6.42 Å². The molecule has 0 aliphatic carbocycles. The van der Waals surface area contributed by atoms with E-state index in [-0.39, 0.29) is 32.6 Å². The maximum atomic E-state index is 14.8. The molecule has 3 aliphatic rings. The molecular weight excluding hydrogens is 478 g/mol. The van der Waals surface area contributed by atoms with Crippen LogP contribution in [0, 0.1) is 11.2 Å². The highest BCUT2D eigenvalue weighted by Gasteiger charge is 2.48. The van der Waals surface area contributed by atoms with Gasteiger partial charge in [0, 0.05) is 43.5 Å². The number of fused-ring (bicyclic) bond motifs is 3. The summed E-state index contributed by atoms with van der Waals surface area (Å²) in [7, 11) is 0. The highest BCUT2D eigenvalue weighted by molar-refractivity contribution is 6.42. The van der Waals surface area contributed by atoms with Crippen LogP contribution in [0.25, 0.3) is 5.52 Å². The zero-order valence-electron chi connectivity index (χ0n) is 18.5. The third-order valence-electron chi connectivity index (χ3n) is 7.85. The summed E-state index contributed by atoms with van der Waals surface area (Å²) in [5.41, 5.74) is 1.71. The molecule has 0 saturated carbocycles. The molecule has 6 nitrogen and oxygen atoms in total. The monoisotopic (exact) mass is 502 g/mol. The SMILES string of the molecule is O=C(c1cc(Cc2c[nH]c(=O)c3cc(Cl)c(Cl)n23)ccc1F)N1CCC2(CC3CCC(C2)N3)C1. The average molecular weight is 503 g/mol. The molecule has 3 fully saturated rings. The number of piperidine rings is 1. The van der Waals surface area contributed by atoms with E-state index in [1.807, 2.05) is 4.90 Å². The first-order valence-corrected chi connectivity index (χ1v) is 12.5. The van der Waals surface area contributed by atoms with Crippen molar-refractivity contribution < 1.29 is 9.18 Å². The van der Waals surface area contributed by atoms with Gasteiger partial charge in [-0.3, -0.25) is 14.0 Å². The maximum absolute atomic E-state index is 14.8. The first kappa shape index (κ1) is 22.1. The summed E-state index contributed by atoms with van der Waals surface area (Å²) in [6, 6.07) is 7.23. The Balaban J connectivity index is 1.26. The molecule has 1 aromatic carbocycles. The molecule has 1 spiro atoms. The summed E-state index contributed by atoms with van der Waals surface area (Å²) in [4.78, 5) is 30.1. The number of aromatic amines is 1. The Morgan fingerprint density at radius 2 is 1.94 bits per heavy atom. The molecule has 3 saturated heterocycles. The van der Waals surface area contributed by atoms with Crippen LogP contribution < -0.4 is 10.9 Å². The van der Waals surface area contributed by atoms with Crippen LogP contribution in [-0.4, -0.2) is 45.4 Å². The van der Waals surface area contributed by atoms with E-state index in [2.05, 4.69) is 10.3 Å². The molecular formula is C25H25Cl2FN4O2. The summed E-state index contributed by atoms with van der Waals surface area (Å²) in [5, 5.41) is 4.20. The van der Waals surface area contributed by atoms with Gasteiger partial charge in [0.2, 0.25) is 0 Å². The van der Waals surface area contributed by atoms with Gasteiger partial charge in [-0.15, -0.1) is 0 Å². The largest absolute Gasteiger partial charge is 0.338 e. The van der Waals surface area contributed by atoms with Crippen LogP contribution in [0.2, 0.25) is 10.2 Å². The summed E-state index contributed by atoms with van der Waals surface area (Å²) in [6.45, 7) is 1.36. The van der Waals surface area contributed by atoms with Crippen molar-refractivity contribution in [3.05, 3.63) is 73.6 Å². The van der Waals surface area contributed by atoms with E-state index in [4.69, 9.17) is 23.2 Å².